The van der Waals surface area contributed by atoms with Gasteiger partial charge in [0.25, 0.3) is 0 Å². The first kappa shape index (κ1) is 17.7. The fourth-order valence-corrected chi connectivity index (χ4v) is 3.06. The quantitative estimate of drug-likeness (QED) is 0.405. The third kappa shape index (κ3) is 4.09. The summed E-state index contributed by atoms with van der Waals surface area (Å²) in [6.45, 7) is 0. The largest absolute Gasteiger partial charge is 0.411 e. The van der Waals surface area contributed by atoms with Crippen LogP contribution in [0.3, 0.4) is 0 Å². The Morgan fingerprint density at radius 3 is 2.23 bits per heavy atom. The monoisotopic (exact) mass is 345 g/mol. The fourth-order valence-electron chi connectivity index (χ4n) is 3.06. The van der Waals surface area contributed by atoms with E-state index in [1.807, 2.05) is 44.4 Å². The Bertz CT molecular complexity index is 844. The summed E-state index contributed by atoms with van der Waals surface area (Å²) in [5.74, 6) is 0.0959. The maximum atomic E-state index is 9.59. The van der Waals surface area contributed by atoms with Crippen molar-refractivity contribution in [3.05, 3.63) is 95.8 Å². The van der Waals surface area contributed by atoms with Crippen molar-refractivity contribution < 1.29 is 5.21 Å². The molecule has 0 saturated heterocycles. The van der Waals surface area contributed by atoms with Gasteiger partial charge in [-0.05, 0) is 35.4 Å². The highest BCUT2D eigenvalue weighted by molar-refractivity contribution is 6.00. The second kappa shape index (κ2) is 8.30. The highest BCUT2D eigenvalue weighted by atomic mass is 16.4. The molecule has 1 N–H and O–H groups in total. The highest BCUT2D eigenvalue weighted by Gasteiger charge is 2.19. The van der Waals surface area contributed by atoms with Crippen LogP contribution in [0.4, 0.5) is 5.69 Å². The van der Waals surface area contributed by atoms with Crippen LogP contribution in [0.2, 0.25) is 0 Å². The first-order chi connectivity index (χ1) is 12.7. The summed E-state index contributed by atoms with van der Waals surface area (Å²) in [7, 11) is 4.06. The molecule has 4 heteroatoms. The lowest BCUT2D eigenvalue weighted by Crippen LogP contribution is -2.12. The van der Waals surface area contributed by atoms with Crippen molar-refractivity contribution in [3.63, 3.8) is 0 Å². The maximum Gasteiger partial charge on any atom is 0.0892 e. The lowest BCUT2D eigenvalue weighted by molar-refractivity contribution is 0.317. The van der Waals surface area contributed by atoms with E-state index in [1.165, 1.54) is 11.1 Å². The predicted molar refractivity (Wildman–Crippen MR) is 106 cm³/mol. The number of aromatic nitrogens is 1. The summed E-state index contributed by atoms with van der Waals surface area (Å²) in [5, 5.41) is 13.2. The number of oxime groups is 1. The first-order valence-corrected chi connectivity index (χ1v) is 8.62. The Kier molecular flexibility index (Phi) is 5.64. The molecule has 132 valence electrons. The van der Waals surface area contributed by atoms with Gasteiger partial charge in [-0.15, -0.1) is 0 Å². The molecule has 0 bridgehead atoms. The number of pyridine rings is 1. The summed E-state index contributed by atoms with van der Waals surface area (Å²) in [6.07, 6.45) is 4.03. The molecule has 2 aromatic carbocycles. The zero-order chi connectivity index (χ0) is 18.4. The Morgan fingerprint density at radius 1 is 0.962 bits per heavy atom. The third-order valence-electron chi connectivity index (χ3n) is 4.53. The maximum absolute atomic E-state index is 9.59. The van der Waals surface area contributed by atoms with E-state index in [9.17, 15) is 5.21 Å². The van der Waals surface area contributed by atoms with Crippen LogP contribution in [0, 0.1) is 0 Å². The van der Waals surface area contributed by atoms with Gasteiger partial charge in [0.1, 0.15) is 0 Å². The molecule has 1 unspecified atom stereocenters. The van der Waals surface area contributed by atoms with Gasteiger partial charge in [-0.25, -0.2) is 0 Å². The van der Waals surface area contributed by atoms with E-state index < -0.39 is 0 Å². The van der Waals surface area contributed by atoms with E-state index in [-0.39, 0.29) is 5.92 Å². The van der Waals surface area contributed by atoms with Crippen LogP contribution in [0.25, 0.3) is 0 Å². The summed E-state index contributed by atoms with van der Waals surface area (Å²) in [4.78, 5) is 6.22. The Hall–Kier alpha value is -3.14. The minimum absolute atomic E-state index is 0.0959. The Balaban J connectivity index is 1.96. The van der Waals surface area contributed by atoms with Crippen molar-refractivity contribution in [2.45, 2.75) is 12.3 Å². The van der Waals surface area contributed by atoms with Crippen LogP contribution in [0.1, 0.15) is 29.0 Å². The SMILES string of the molecule is CN(C)c1ccc(C(C/C(=N\O)c2cccnc2)c2ccccc2)cc1. The van der Waals surface area contributed by atoms with Gasteiger partial charge in [0, 0.05) is 50.1 Å². The van der Waals surface area contributed by atoms with Crippen molar-refractivity contribution in [2.24, 2.45) is 5.16 Å². The molecule has 0 aliphatic carbocycles. The molecule has 0 spiro atoms. The Labute approximate surface area is 154 Å². The molecule has 26 heavy (non-hydrogen) atoms. The lowest BCUT2D eigenvalue weighted by Gasteiger charge is -2.20. The van der Waals surface area contributed by atoms with Gasteiger partial charge in [0.15, 0.2) is 0 Å². The van der Waals surface area contributed by atoms with Gasteiger partial charge in [-0.1, -0.05) is 47.6 Å². The van der Waals surface area contributed by atoms with Crippen LogP contribution in [-0.4, -0.2) is 30.0 Å². The molecule has 3 rings (SSSR count). The van der Waals surface area contributed by atoms with E-state index in [4.69, 9.17) is 0 Å². The molecular weight excluding hydrogens is 322 g/mol. The van der Waals surface area contributed by atoms with Gasteiger partial charge >= 0.3 is 0 Å². The molecule has 1 aromatic heterocycles. The van der Waals surface area contributed by atoms with Crippen molar-refractivity contribution in [1.82, 2.24) is 4.98 Å². The van der Waals surface area contributed by atoms with Gasteiger partial charge < -0.3 is 10.1 Å². The summed E-state index contributed by atoms with van der Waals surface area (Å²) in [5.41, 5.74) is 5.00. The molecule has 0 amide bonds. The second-order valence-corrected chi connectivity index (χ2v) is 6.44. The molecule has 4 nitrogen and oxygen atoms in total. The molecule has 0 radical (unpaired) electrons. The smallest absolute Gasteiger partial charge is 0.0892 e. The number of hydrogen-bond acceptors (Lipinski definition) is 4. The van der Waals surface area contributed by atoms with Gasteiger partial charge in [0.2, 0.25) is 0 Å². The minimum Gasteiger partial charge on any atom is -0.411 e. The summed E-state index contributed by atoms with van der Waals surface area (Å²) >= 11 is 0. The van der Waals surface area contributed by atoms with E-state index in [0.29, 0.717) is 12.1 Å². The summed E-state index contributed by atoms with van der Waals surface area (Å²) in [6, 6.07) is 22.6. The molecule has 1 atom stereocenters. The lowest BCUT2D eigenvalue weighted by atomic mass is 9.85. The van der Waals surface area contributed by atoms with Crippen molar-refractivity contribution in [3.8, 4) is 0 Å². The number of hydrogen-bond donors (Lipinski definition) is 1. The van der Waals surface area contributed by atoms with E-state index in [0.717, 1.165) is 11.3 Å². The molecule has 0 aliphatic heterocycles. The molecule has 0 fully saturated rings. The number of anilines is 1. The molecule has 1 heterocycles. The Morgan fingerprint density at radius 2 is 1.65 bits per heavy atom. The van der Waals surface area contributed by atoms with E-state index >= 15 is 0 Å². The zero-order valence-corrected chi connectivity index (χ0v) is 15.1. The molecule has 0 aliphatic rings. The van der Waals surface area contributed by atoms with Gasteiger partial charge in [0.05, 0.1) is 5.71 Å². The minimum atomic E-state index is 0.0959. The topological polar surface area (TPSA) is 48.7 Å². The zero-order valence-electron chi connectivity index (χ0n) is 15.1. The van der Waals surface area contributed by atoms with Crippen molar-refractivity contribution in [2.75, 3.05) is 19.0 Å². The average Bonchev–Trinajstić information content (AvgIpc) is 2.70. The van der Waals surface area contributed by atoms with Crippen LogP contribution in [-0.2, 0) is 0 Å². The molecule has 3 aromatic rings. The predicted octanol–water partition coefficient (Wildman–Crippen LogP) is 4.55. The van der Waals surface area contributed by atoms with Gasteiger partial charge in [-0.3, -0.25) is 4.98 Å². The number of benzene rings is 2. The average molecular weight is 345 g/mol. The third-order valence-corrected chi connectivity index (χ3v) is 4.53. The standard InChI is InChI=1S/C22H23N3O/c1-25(2)20-12-10-18(11-13-20)21(17-7-4-3-5-8-17)15-22(24-26)19-9-6-14-23-16-19/h3-14,16,21,26H,15H2,1-2H3/b24-22+. The van der Waals surface area contributed by atoms with Crippen LogP contribution in [0.15, 0.2) is 84.3 Å². The second-order valence-electron chi connectivity index (χ2n) is 6.44. The molecule has 0 saturated carbocycles. The highest BCUT2D eigenvalue weighted by Crippen LogP contribution is 2.30. The number of rotatable bonds is 6. The van der Waals surface area contributed by atoms with Crippen LogP contribution >= 0.6 is 0 Å². The summed E-state index contributed by atoms with van der Waals surface area (Å²) < 4.78 is 0. The molecular formula is C22H23N3O. The first-order valence-electron chi connectivity index (χ1n) is 8.62. The van der Waals surface area contributed by atoms with Crippen LogP contribution < -0.4 is 4.90 Å². The van der Waals surface area contributed by atoms with Crippen LogP contribution in [0.5, 0.6) is 0 Å². The van der Waals surface area contributed by atoms with Crippen molar-refractivity contribution in [1.29, 1.82) is 0 Å². The van der Waals surface area contributed by atoms with E-state index in [2.05, 4.69) is 51.4 Å². The van der Waals surface area contributed by atoms with E-state index in [1.54, 1.807) is 12.4 Å². The normalized spacial score (nSPS) is 12.6. The van der Waals surface area contributed by atoms with Crippen molar-refractivity contribution >= 4 is 11.4 Å². The van der Waals surface area contributed by atoms with Gasteiger partial charge in [-0.2, -0.15) is 0 Å². The number of nitrogens with zero attached hydrogens (tertiary/aromatic N) is 3. The fraction of sp³-hybridized carbons (Fsp3) is 0.182.